The van der Waals surface area contributed by atoms with E-state index in [1.165, 1.54) is 161 Å². The molecule has 75 heavy (non-hydrogen) atoms. The van der Waals surface area contributed by atoms with Gasteiger partial charge in [0.15, 0.2) is 6.10 Å². The first kappa shape index (κ1) is 71.6. The lowest BCUT2D eigenvalue weighted by Crippen LogP contribution is -2.30. The van der Waals surface area contributed by atoms with Crippen molar-refractivity contribution >= 4 is 17.9 Å². The Bertz CT molecular complexity index is 1430. The molecule has 0 aromatic heterocycles. The molecular weight excluding hydrogens is 925 g/mol. The first-order chi connectivity index (χ1) is 37.0. The number of allylic oxidation sites excluding steroid dienone is 14. The topological polar surface area (TPSA) is 78.9 Å². The average molecular weight is 1050 g/mol. The smallest absolute Gasteiger partial charge is 0.306 e. The van der Waals surface area contributed by atoms with E-state index in [9.17, 15) is 14.4 Å². The summed E-state index contributed by atoms with van der Waals surface area (Å²) in [5.41, 5.74) is 0. The predicted molar refractivity (Wildman–Crippen MR) is 325 cm³/mol. The number of esters is 3. The van der Waals surface area contributed by atoms with Crippen LogP contribution in [0.3, 0.4) is 0 Å². The number of hydrogen-bond acceptors (Lipinski definition) is 6. The van der Waals surface area contributed by atoms with Crippen molar-refractivity contribution in [2.75, 3.05) is 13.2 Å². The molecule has 0 aromatic rings. The van der Waals surface area contributed by atoms with Gasteiger partial charge >= 0.3 is 17.9 Å². The number of hydrogen-bond donors (Lipinski definition) is 0. The van der Waals surface area contributed by atoms with E-state index in [2.05, 4.69) is 106 Å². The van der Waals surface area contributed by atoms with Gasteiger partial charge < -0.3 is 14.2 Å². The quantitative estimate of drug-likeness (QED) is 0.0261. The maximum atomic E-state index is 12.9. The van der Waals surface area contributed by atoms with Crippen LogP contribution in [0.25, 0.3) is 0 Å². The number of ether oxygens (including phenoxy) is 3. The molecule has 1 atom stereocenters. The highest BCUT2D eigenvalue weighted by molar-refractivity contribution is 5.71. The van der Waals surface area contributed by atoms with Crippen molar-refractivity contribution in [2.45, 2.75) is 322 Å². The molecule has 0 N–H and O–H groups in total. The molecule has 0 saturated heterocycles. The first-order valence-electron chi connectivity index (χ1n) is 32.1. The van der Waals surface area contributed by atoms with Gasteiger partial charge in [-0.25, -0.2) is 0 Å². The minimum atomic E-state index is -0.788. The lowest BCUT2D eigenvalue weighted by Gasteiger charge is -2.18. The number of rotatable bonds is 58. The van der Waals surface area contributed by atoms with Crippen LogP contribution in [-0.2, 0) is 28.6 Å². The lowest BCUT2D eigenvalue weighted by atomic mass is 10.0. The van der Waals surface area contributed by atoms with Crippen molar-refractivity contribution < 1.29 is 28.6 Å². The van der Waals surface area contributed by atoms with Crippen LogP contribution in [0.4, 0.5) is 0 Å². The minimum absolute atomic E-state index is 0.0825. The van der Waals surface area contributed by atoms with Gasteiger partial charge in [-0.15, -0.1) is 0 Å². The van der Waals surface area contributed by atoms with Crippen molar-refractivity contribution in [2.24, 2.45) is 0 Å². The molecule has 0 rings (SSSR count). The summed E-state index contributed by atoms with van der Waals surface area (Å²) in [6.07, 6.45) is 83.0. The van der Waals surface area contributed by atoms with E-state index in [1.54, 1.807) is 0 Å². The van der Waals surface area contributed by atoms with Crippen molar-refractivity contribution in [1.82, 2.24) is 0 Å². The summed E-state index contributed by atoms with van der Waals surface area (Å²) in [6, 6.07) is 0. The molecule has 0 spiro atoms. The molecule has 0 bridgehead atoms. The zero-order valence-electron chi connectivity index (χ0n) is 49.6. The molecule has 6 heteroatoms. The second-order valence-corrected chi connectivity index (χ2v) is 21.3. The lowest BCUT2D eigenvalue weighted by molar-refractivity contribution is -0.167. The highest BCUT2D eigenvalue weighted by Crippen LogP contribution is 2.16. The Hall–Kier alpha value is -3.41. The van der Waals surface area contributed by atoms with E-state index in [-0.39, 0.29) is 31.1 Å². The van der Waals surface area contributed by atoms with Gasteiger partial charge in [-0.3, -0.25) is 14.4 Å². The van der Waals surface area contributed by atoms with Gasteiger partial charge in [-0.05, 0) is 96.3 Å². The van der Waals surface area contributed by atoms with Crippen molar-refractivity contribution in [3.8, 4) is 0 Å². The summed E-state index contributed by atoms with van der Waals surface area (Å²) in [5, 5.41) is 0. The Morgan fingerprint density at radius 1 is 0.280 bits per heavy atom. The Labute approximate surface area is 465 Å². The van der Waals surface area contributed by atoms with Gasteiger partial charge in [-0.2, -0.15) is 0 Å². The molecule has 0 fully saturated rings. The first-order valence-corrected chi connectivity index (χ1v) is 32.1. The molecule has 0 radical (unpaired) electrons. The number of carbonyl (C=O) groups excluding carboxylic acids is 3. The van der Waals surface area contributed by atoms with E-state index in [4.69, 9.17) is 14.2 Å². The molecule has 0 saturated carbocycles. The molecule has 0 aliphatic heterocycles. The van der Waals surface area contributed by atoms with Gasteiger partial charge in [0.05, 0.1) is 0 Å². The van der Waals surface area contributed by atoms with E-state index >= 15 is 0 Å². The highest BCUT2D eigenvalue weighted by atomic mass is 16.6. The summed E-state index contributed by atoms with van der Waals surface area (Å²) in [7, 11) is 0. The zero-order valence-corrected chi connectivity index (χ0v) is 49.6. The molecular formula is C69H120O6. The molecule has 0 heterocycles. The Balaban J connectivity index is 4.36. The van der Waals surface area contributed by atoms with E-state index < -0.39 is 6.10 Å². The van der Waals surface area contributed by atoms with E-state index in [0.717, 1.165) is 116 Å². The van der Waals surface area contributed by atoms with Gasteiger partial charge in [0, 0.05) is 19.3 Å². The van der Waals surface area contributed by atoms with Gasteiger partial charge in [-0.1, -0.05) is 286 Å². The molecule has 0 aliphatic rings. The SMILES string of the molecule is CC/C=C\C/C=C\C/C=C\C/C=C\C/C=C\CCCCCCCC(=O)OC(COC(=O)CCCCCCCCCCCCC/C=C\C/C=C\CCCCCCC)COC(=O)CCCCCCCCCCCCCCC. The van der Waals surface area contributed by atoms with Crippen molar-refractivity contribution in [3.05, 3.63) is 85.1 Å². The predicted octanol–water partition coefficient (Wildman–Crippen LogP) is 21.9. The zero-order chi connectivity index (χ0) is 54.3. The molecule has 432 valence electrons. The third-order valence-electron chi connectivity index (χ3n) is 13.9. The van der Waals surface area contributed by atoms with Crippen LogP contribution >= 0.6 is 0 Å². The van der Waals surface area contributed by atoms with Crippen LogP contribution in [0.5, 0.6) is 0 Å². The van der Waals surface area contributed by atoms with Crippen molar-refractivity contribution in [1.29, 1.82) is 0 Å². The fourth-order valence-corrected chi connectivity index (χ4v) is 9.09. The normalized spacial score (nSPS) is 12.6. The van der Waals surface area contributed by atoms with Crippen LogP contribution in [0, 0.1) is 0 Å². The number of unbranched alkanes of at least 4 members (excludes halogenated alkanes) is 33. The summed E-state index contributed by atoms with van der Waals surface area (Å²) >= 11 is 0. The standard InChI is InChI=1S/C69H120O6/c1-4-7-10-13-16-19-22-25-27-29-31-33-34-36-37-39-41-44-47-50-53-56-59-62-68(71)74-65-66(64-73-67(70)61-58-55-52-49-46-43-24-21-18-15-12-9-6-3)75-69(72)63-60-57-54-51-48-45-42-40-38-35-32-30-28-26-23-20-17-14-11-8-5-2/h8,11,17,20,22,25-26,28-29,31-32,35,40,42,66H,4-7,9-10,12-16,18-19,21,23-24,27,30,33-34,36-39,41,43-65H2,1-3H3/b11-8-,20-17-,25-22-,28-26-,31-29-,35-32-,42-40-. The second kappa shape index (κ2) is 63.1. The molecule has 1 unspecified atom stereocenters. The third kappa shape index (κ3) is 61.3. The Kier molecular flexibility index (Phi) is 60.3. The monoisotopic (exact) mass is 1040 g/mol. The largest absolute Gasteiger partial charge is 0.462 e. The Morgan fingerprint density at radius 2 is 0.520 bits per heavy atom. The maximum absolute atomic E-state index is 12.9. The number of carbonyl (C=O) groups is 3. The maximum Gasteiger partial charge on any atom is 0.306 e. The molecule has 0 aliphatic carbocycles. The van der Waals surface area contributed by atoms with E-state index in [0.29, 0.717) is 19.3 Å². The van der Waals surface area contributed by atoms with Crippen molar-refractivity contribution in [3.63, 3.8) is 0 Å². The van der Waals surface area contributed by atoms with Gasteiger partial charge in [0.25, 0.3) is 0 Å². The fourth-order valence-electron chi connectivity index (χ4n) is 9.09. The van der Waals surface area contributed by atoms with Crippen LogP contribution in [0.1, 0.15) is 316 Å². The molecule has 0 aromatic carbocycles. The van der Waals surface area contributed by atoms with Crippen LogP contribution < -0.4 is 0 Å². The second-order valence-electron chi connectivity index (χ2n) is 21.3. The third-order valence-corrected chi connectivity index (χ3v) is 13.9. The molecule has 0 amide bonds. The fraction of sp³-hybridized carbons (Fsp3) is 0.754. The summed E-state index contributed by atoms with van der Waals surface area (Å²) < 4.78 is 16.9. The van der Waals surface area contributed by atoms with Crippen LogP contribution in [-0.4, -0.2) is 37.2 Å². The Morgan fingerprint density at radius 3 is 0.813 bits per heavy atom. The minimum Gasteiger partial charge on any atom is -0.462 e. The molecule has 6 nitrogen and oxygen atoms in total. The summed E-state index contributed by atoms with van der Waals surface area (Å²) in [4.78, 5) is 38.3. The highest BCUT2D eigenvalue weighted by Gasteiger charge is 2.19. The summed E-state index contributed by atoms with van der Waals surface area (Å²) in [6.45, 7) is 6.53. The van der Waals surface area contributed by atoms with E-state index in [1.807, 2.05) is 0 Å². The average Bonchev–Trinajstić information content (AvgIpc) is 3.41. The van der Waals surface area contributed by atoms with Crippen LogP contribution in [0.2, 0.25) is 0 Å². The summed E-state index contributed by atoms with van der Waals surface area (Å²) in [5.74, 6) is -0.890. The van der Waals surface area contributed by atoms with Gasteiger partial charge in [0.1, 0.15) is 13.2 Å². The van der Waals surface area contributed by atoms with Crippen LogP contribution in [0.15, 0.2) is 85.1 Å². The van der Waals surface area contributed by atoms with Gasteiger partial charge in [0.2, 0.25) is 0 Å².